The Morgan fingerprint density at radius 1 is 0.929 bits per heavy atom. The van der Waals surface area contributed by atoms with E-state index in [1.807, 2.05) is 19.1 Å². The molecule has 7 nitrogen and oxygen atoms in total. The van der Waals surface area contributed by atoms with Crippen molar-refractivity contribution in [1.29, 1.82) is 0 Å². The smallest absolute Gasteiger partial charge is 0.238 e. The van der Waals surface area contributed by atoms with E-state index >= 15 is 0 Å². The Morgan fingerprint density at radius 2 is 1.54 bits per heavy atom. The van der Waals surface area contributed by atoms with Gasteiger partial charge in [0.25, 0.3) is 0 Å². The van der Waals surface area contributed by atoms with Crippen molar-refractivity contribution in [1.82, 2.24) is 4.57 Å². The SMILES string of the molecule is CCOc1ccc(-c2cc(S(C)(=O)=O)cn2-c2ccc(S(N)(=O)=O)cc2)cc1. The summed E-state index contributed by atoms with van der Waals surface area (Å²) < 4.78 is 54.2. The largest absolute Gasteiger partial charge is 0.494 e. The van der Waals surface area contributed by atoms with Gasteiger partial charge in [-0.15, -0.1) is 0 Å². The molecule has 0 aliphatic carbocycles. The minimum Gasteiger partial charge on any atom is -0.494 e. The number of nitrogens with zero attached hydrogens (tertiary/aromatic N) is 1. The minimum absolute atomic E-state index is 0.0191. The number of aromatic nitrogens is 1. The lowest BCUT2D eigenvalue weighted by Gasteiger charge is -2.11. The summed E-state index contributed by atoms with van der Waals surface area (Å²) in [7, 11) is -7.24. The van der Waals surface area contributed by atoms with E-state index in [4.69, 9.17) is 9.88 Å². The monoisotopic (exact) mass is 420 g/mol. The third-order valence-corrected chi connectivity index (χ3v) is 6.14. The van der Waals surface area contributed by atoms with Gasteiger partial charge in [-0.3, -0.25) is 0 Å². The van der Waals surface area contributed by atoms with E-state index in [1.54, 1.807) is 34.9 Å². The summed E-state index contributed by atoms with van der Waals surface area (Å²) in [5.74, 6) is 0.713. The molecule has 9 heteroatoms. The number of benzene rings is 2. The number of hydrogen-bond donors (Lipinski definition) is 1. The number of primary sulfonamides is 1. The van der Waals surface area contributed by atoms with E-state index in [1.165, 1.54) is 18.3 Å². The van der Waals surface area contributed by atoms with Crippen LogP contribution in [0.1, 0.15) is 6.92 Å². The van der Waals surface area contributed by atoms with Crippen molar-refractivity contribution in [2.75, 3.05) is 12.9 Å². The lowest BCUT2D eigenvalue weighted by atomic mass is 10.1. The first-order valence-electron chi connectivity index (χ1n) is 8.38. The summed E-state index contributed by atoms with van der Waals surface area (Å²) in [4.78, 5) is 0.140. The highest BCUT2D eigenvalue weighted by molar-refractivity contribution is 7.90. The molecule has 0 radical (unpaired) electrons. The molecule has 0 saturated heterocycles. The fourth-order valence-electron chi connectivity index (χ4n) is 2.76. The van der Waals surface area contributed by atoms with Gasteiger partial charge >= 0.3 is 0 Å². The van der Waals surface area contributed by atoms with E-state index in [2.05, 4.69) is 0 Å². The Morgan fingerprint density at radius 3 is 2.04 bits per heavy atom. The summed E-state index contributed by atoms with van der Waals surface area (Å²) >= 11 is 0. The summed E-state index contributed by atoms with van der Waals surface area (Å²) in [6, 6.07) is 14.8. The molecule has 0 spiro atoms. The zero-order valence-electron chi connectivity index (χ0n) is 15.4. The van der Waals surface area contributed by atoms with Gasteiger partial charge in [0.2, 0.25) is 10.0 Å². The Hall–Kier alpha value is -2.62. The normalized spacial score (nSPS) is 12.1. The Bertz CT molecular complexity index is 1190. The van der Waals surface area contributed by atoms with Crippen molar-refractivity contribution < 1.29 is 21.6 Å². The van der Waals surface area contributed by atoms with Crippen LogP contribution >= 0.6 is 0 Å². The van der Waals surface area contributed by atoms with Crippen molar-refractivity contribution >= 4 is 19.9 Å². The topological polar surface area (TPSA) is 108 Å². The molecule has 0 amide bonds. The van der Waals surface area contributed by atoms with Crippen molar-refractivity contribution in [3.8, 4) is 22.7 Å². The standard InChI is InChI=1S/C19H20N2O5S2/c1-3-26-16-8-4-14(5-9-16)19-12-18(27(2,22)23)13-21(19)15-6-10-17(11-7-15)28(20,24)25/h4-13H,3H2,1-2H3,(H2,20,24,25). The molecular weight excluding hydrogens is 400 g/mol. The van der Waals surface area contributed by atoms with E-state index in [0.29, 0.717) is 23.7 Å². The maximum atomic E-state index is 12.1. The van der Waals surface area contributed by atoms with Crippen LogP contribution < -0.4 is 9.88 Å². The average Bonchev–Trinajstić information content (AvgIpc) is 3.08. The van der Waals surface area contributed by atoms with E-state index in [9.17, 15) is 16.8 Å². The average molecular weight is 421 g/mol. The fourth-order valence-corrected chi connectivity index (χ4v) is 3.90. The Kier molecular flexibility index (Phi) is 5.33. The van der Waals surface area contributed by atoms with Gasteiger partial charge < -0.3 is 9.30 Å². The molecule has 0 aliphatic heterocycles. The second-order valence-corrected chi connectivity index (χ2v) is 9.78. The van der Waals surface area contributed by atoms with Crippen LogP contribution in [0.4, 0.5) is 0 Å². The number of nitrogens with two attached hydrogens (primary N) is 1. The number of sulfonamides is 1. The maximum absolute atomic E-state index is 12.1. The Balaban J connectivity index is 2.13. The number of ether oxygens (including phenoxy) is 1. The Labute approximate surface area is 164 Å². The maximum Gasteiger partial charge on any atom is 0.238 e. The molecular formula is C19H20N2O5S2. The highest BCUT2D eigenvalue weighted by Crippen LogP contribution is 2.30. The first kappa shape index (κ1) is 20.1. The molecule has 0 saturated carbocycles. The molecule has 148 valence electrons. The molecule has 3 aromatic rings. The van der Waals surface area contributed by atoms with Gasteiger partial charge in [-0.2, -0.15) is 0 Å². The van der Waals surface area contributed by atoms with E-state index in [-0.39, 0.29) is 9.79 Å². The summed E-state index contributed by atoms with van der Waals surface area (Å²) in [6.07, 6.45) is 2.64. The third-order valence-electron chi connectivity index (χ3n) is 4.13. The fraction of sp³-hybridized carbons (Fsp3) is 0.158. The van der Waals surface area contributed by atoms with Crippen LogP contribution in [-0.4, -0.2) is 34.3 Å². The molecule has 2 aromatic carbocycles. The molecule has 0 aliphatic rings. The van der Waals surface area contributed by atoms with Gasteiger partial charge in [0, 0.05) is 18.1 Å². The molecule has 0 unspecified atom stereocenters. The predicted molar refractivity (Wildman–Crippen MR) is 107 cm³/mol. The molecule has 0 atom stereocenters. The first-order chi connectivity index (χ1) is 13.1. The van der Waals surface area contributed by atoms with Gasteiger partial charge in [-0.1, -0.05) is 0 Å². The van der Waals surface area contributed by atoms with Crippen LogP contribution in [0.5, 0.6) is 5.75 Å². The van der Waals surface area contributed by atoms with E-state index < -0.39 is 19.9 Å². The second-order valence-electron chi connectivity index (χ2n) is 6.20. The molecule has 0 bridgehead atoms. The molecule has 28 heavy (non-hydrogen) atoms. The lowest BCUT2D eigenvalue weighted by Crippen LogP contribution is -2.12. The van der Waals surface area contributed by atoms with Crippen LogP contribution in [0.2, 0.25) is 0 Å². The summed E-state index contributed by atoms with van der Waals surface area (Å²) in [5.41, 5.74) is 2.03. The van der Waals surface area contributed by atoms with Gasteiger partial charge in [-0.25, -0.2) is 22.0 Å². The van der Waals surface area contributed by atoms with Gasteiger partial charge in [0.15, 0.2) is 9.84 Å². The van der Waals surface area contributed by atoms with Crippen LogP contribution in [0, 0.1) is 0 Å². The summed E-state index contributed by atoms with van der Waals surface area (Å²) in [6.45, 7) is 2.44. The zero-order valence-corrected chi connectivity index (χ0v) is 17.0. The van der Waals surface area contributed by atoms with Gasteiger partial charge in [0.1, 0.15) is 5.75 Å². The van der Waals surface area contributed by atoms with Crippen molar-refractivity contribution in [3.63, 3.8) is 0 Å². The van der Waals surface area contributed by atoms with Crippen LogP contribution in [0.3, 0.4) is 0 Å². The van der Waals surface area contributed by atoms with Crippen molar-refractivity contribution in [3.05, 3.63) is 60.8 Å². The van der Waals surface area contributed by atoms with Crippen molar-refractivity contribution in [2.24, 2.45) is 5.14 Å². The van der Waals surface area contributed by atoms with Crippen LogP contribution in [0.15, 0.2) is 70.6 Å². The number of hydrogen-bond acceptors (Lipinski definition) is 5. The van der Waals surface area contributed by atoms with Gasteiger partial charge in [0.05, 0.1) is 22.1 Å². The van der Waals surface area contributed by atoms with Gasteiger partial charge in [-0.05, 0) is 67.1 Å². The highest BCUT2D eigenvalue weighted by atomic mass is 32.2. The van der Waals surface area contributed by atoms with Crippen LogP contribution in [0.25, 0.3) is 16.9 Å². The quantitative estimate of drug-likeness (QED) is 0.659. The zero-order chi connectivity index (χ0) is 20.5. The lowest BCUT2D eigenvalue weighted by molar-refractivity contribution is 0.340. The van der Waals surface area contributed by atoms with Crippen molar-refractivity contribution in [2.45, 2.75) is 16.7 Å². The molecule has 3 rings (SSSR count). The highest BCUT2D eigenvalue weighted by Gasteiger charge is 2.17. The first-order valence-corrected chi connectivity index (χ1v) is 11.8. The third kappa shape index (κ3) is 4.27. The number of rotatable bonds is 6. The summed E-state index contributed by atoms with van der Waals surface area (Å²) in [5, 5.41) is 5.14. The molecule has 2 N–H and O–H groups in total. The molecule has 0 fully saturated rings. The number of sulfone groups is 1. The molecule has 1 heterocycles. The predicted octanol–water partition coefficient (Wildman–Crippen LogP) is 2.59. The van der Waals surface area contributed by atoms with E-state index in [0.717, 1.165) is 11.8 Å². The minimum atomic E-state index is -3.81. The van der Waals surface area contributed by atoms with Crippen LogP contribution in [-0.2, 0) is 19.9 Å². The second kappa shape index (κ2) is 7.42. The molecule has 1 aromatic heterocycles.